The van der Waals surface area contributed by atoms with Gasteiger partial charge in [0.2, 0.25) is 0 Å². The highest BCUT2D eigenvalue weighted by atomic mass is 32.1. The van der Waals surface area contributed by atoms with Crippen LogP contribution in [0.2, 0.25) is 0 Å². The molecule has 0 N–H and O–H groups in total. The topological polar surface area (TPSA) is 26.0 Å². The molecule has 0 radical (unpaired) electrons. The second kappa shape index (κ2) is 7.47. The van der Waals surface area contributed by atoms with Gasteiger partial charge in [0.15, 0.2) is 10.6 Å². The monoisotopic (exact) mass is 384 g/mol. The lowest BCUT2D eigenvalue weighted by molar-refractivity contribution is 0.129. The molecule has 1 atom stereocenters. The van der Waals surface area contributed by atoms with Crippen LogP contribution < -0.4 is 0 Å². The Kier molecular flexibility index (Phi) is 5.07. The molecule has 0 fully saturated rings. The largest absolute Gasteiger partial charge is 0.300 e. The number of hydrogen-bond acceptors (Lipinski definition) is 4. The number of hydrogen-bond donors (Lipinski definition) is 0. The van der Waals surface area contributed by atoms with Gasteiger partial charge in [0.1, 0.15) is 0 Å². The molecule has 26 heavy (non-hydrogen) atoms. The molecular weight excluding hydrogens is 360 g/mol. The van der Waals surface area contributed by atoms with E-state index in [1.54, 1.807) is 4.88 Å². The highest BCUT2D eigenvalue weighted by Crippen LogP contribution is 2.35. The van der Waals surface area contributed by atoms with E-state index in [2.05, 4.69) is 46.9 Å². The Labute approximate surface area is 163 Å². The minimum atomic E-state index is 0.457. The molecule has 4 nitrogen and oxygen atoms in total. The van der Waals surface area contributed by atoms with E-state index in [0.717, 1.165) is 48.8 Å². The molecule has 0 aliphatic carbocycles. The van der Waals surface area contributed by atoms with Crippen molar-refractivity contribution >= 4 is 23.6 Å². The molecule has 0 unspecified atom stereocenters. The molecule has 0 amide bonds. The lowest BCUT2D eigenvalue weighted by Crippen LogP contribution is -2.36. The van der Waals surface area contributed by atoms with Crippen LogP contribution in [0.5, 0.6) is 0 Å². The van der Waals surface area contributed by atoms with Gasteiger partial charge in [-0.05, 0) is 49.0 Å². The third kappa shape index (κ3) is 3.06. The number of fused-ring (bicyclic) bond motifs is 1. The van der Waals surface area contributed by atoms with Crippen molar-refractivity contribution < 1.29 is 0 Å². The van der Waals surface area contributed by atoms with Crippen LogP contribution in [0.15, 0.2) is 41.8 Å². The van der Waals surface area contributed by atoms with Crippen molar-refractivity contribution in [3.8, 4) is 11.4 Å². The highest BCUT2D eigenvalue weighted by Gasteiger charge is 2.27. The fraction of sp³-hybridized carbons (Fsp3) is 0.400. The highest BCUT2D eigenvalue weighted by molar-refractivity contribution is 7.71. The number of thiophene rings is 1. The Morgan fingerprint density at radius 3 is 2.73 bits per heavy atom. The molecule has 0 saturated heterocycles. The second-order valence-electron chi connectivity index (χ2n) is 6.64. The van der Waals surface area contributed by atoms with Crippen LogP contribution in [0.1, 0.15) is 36.8 Å². The summed E-state index contributed by atoms with van der Waals surface area (Å²) in [5, 5.41) is 7.12. The predicted molar refractivity (Wildman–Crippen MR) is 110 cm³/mol. The van der Waals surface area contributed by atoms with Gasteiger partial charge in [0.25, 0.3) is 0 Å². The van der Waals surface area contributed by atoms with Gasteiger partial charge in [-0.25, -0.2) is 4.68 Å². The molecule has 0 spiro atoms. The zero-order valence-corrected chi connectivity index (χ0v) is 16.9. The Morgan fingerprint density at radius 1 is 1.19 bits per heavy atom. The maximum absolute atomic E-state index is 5.76. The predicted octanol–water partition coefficient (Wildman–Crippen LogP) is 5.13. The van der Waals surface area contributed by atoms with Crippen molar-refractivity contribution in [3.63, 3.8) is 0 Å². The minimum absolute atomic E-state index is 0.457. The van der Waals surface area contributed by atoms with E-state index >= 15 is 0 Å². The maximum Gasteiger partial charge on any atom is 0.199 e. The Morgan fingerprint density at radius 2 is 2.00 bits per heavy atom. The normalized spacial score (nSPS) is 17.4. The van der Waals surface area contributed by atoms with Gasteiger partial charge in [-0.3, -0.25) is 4.90 Å². The van der Waals surface area contributed by atoms with E-state index in [-0.39, 0.29) is 0 Å². The van der Waals surface area contributed by atoms with E-state index in [9.17, 15) is 0 Å². The number of aromatic nitrogens is 3. The van der Waals surface area contributed by atoms with Crippen molar-refractivity contribution in [1.29, 1.82) is 0 Å². The molecule has 1 aliphatic rings. The molecule has 0 saturated carbocycles. The molecule has 2 aromatic heterocycles. The zero-order valence-electron chi connectivity index (χ0n) is 15.3. The van der Waals surface area contributed by atoms with Gasteiger partial charge in [0.05, 0.1) is 6.67 Å². The summed E-state index contributed by atoms with van der Waals surface area (Å²) in [6.07, 6.45) is 2.23. The van der Waals surface area contributed by atoms with Crippen LogP contribution in [0.3, 0.4) is 0 Å². The first kappa shape index (κ1) is 17.6. The molecule has 0 bridgehead atoms. The van der Waals surface area contributed by atoms with Gasteiger partial charge in [0, 0.05) is 29.6 Å². The average molecular weight is 385 g/mol. The second-order valence-corrected chi connectivity index (χ2v) is 8.01. The molecule has 6 heteroatoms. The summed E-state index contributed by atoms with van der Waals surface area (Å²) in [7, 11) is 0. The Hall–Kier alpha value is -1.76. The summed E-state index contributed by atoms with van der Waals surface area (Å²) in [5.41, 5.74) is 2.61. The van der Waals surface area contributed by atoms with Crippen molar-refractivity contribution in [2.45, 2.75) is 45.9 Å². The van der Waals surface area contributed by atoms with Crippen molar-refractivity contribution in [3.05, 3.63) is 57.0 Å². The molecule has 1 aromatic carbocycles. The number of nitrogens with zero attached hydrogens (tertiary/aromatic N) is 4. The van der Waals surface area contributed by atoms with E-state index in [1.165, 1.54) is 5.56 Å². The van der Waals surface area contributed by atoms with Gasteiger partial charge < -0.3 is 4.57 Å². The van der Waals surface area contributed by atoms with Crippen molar-refractivity contribution in [2.24, 2.45) is 0 Å². The quantitative estimate of drug-likeness (QED) is 0.570. The first-order valence-electron chi connectivity index (χ1n) is 9.26. The van der Waals surface area contributed by atoms with E-state index < -0.39 is 0 Å². The van der Waals surface area contributed by atoms with Crippen LogP contribution in [0.4, 0.5) is 0 Å². The Bertz CT molecular complexity index is 938. The molecule has 3 aromatic rings. The summed E-state index contributed by atoms with van der Waals surface area (Å²) in [4.78, 5) is 4.06. The molecule has 4 rings (SSSR count). The van der Waals surface area contributed by atoms with Gasteiger partial charge >= 0.3 is 0 Å². The number of rotatable bonds is 5. The lowest BCUT2D eigenvalue weighted by Gasteiger charge is -2.35. The van der Waals surface area contributed by atoms with Crippen LogP contribution >= 0.6 is 23.6 Å². The summed E-state index contributed by atoms with van der Waals surface area (Å²) in [6.45, 7) is 7.03. The van der Waals surface area contributed by atoms with E-state index in [1.807, 2.05) is 34.2 Å². The smallest absolute Gasteiger partial charge is 0.199 e. The summed E-state index contributed by atoms with van der Waals surface area (Å²) < 4.78 is 4.93. The SMILES string of the molecule is CC[C@@H]1c2ccsc2CCN1Cn1nc(-c2ccccc2)n(CC)c1=S. The van der Waals surface area contributed by atoms with Gasteiger partial charge in [-0.2, -0.15) is 5.10 Å². The molecule has 136 valence electrons. The molecular formula is C20H24N4S2. The van der Waals surface area contributed by atoms with Crippen LogP contribution in [-0.2, 0) is 19.6 Å². The zero-order chi connectivity index (χ0) is 18.1. The molecule has 1 aliphatic heterocycles. The lowest BCUT2D eigenvalue weighted by atomic mass is 9.98. The Balaban J connectivity index is 1.67. The third-order valence-electron chi connectivity index (χ3n) is 5.18. The summed E-state index contributed by atoms with van der Waals surface area (Å²) in [5.74, 6) is 0.958. The van der Waals surface area contributed by atoms with Crippen LogP contribution in [-0.4, -0.2) is 25.8 Å². The number of benzene rings is 1. The van der Waals surface area contributed by atoms with Gasteiger partial charge in [-0.1, -0.05) is 37.3 Å². The maximum atomic E-state index is 5.76. The van der Waals surface area contributed by atoms with E-state index in [0.29, 0.717) is 6.04 Å². The average Bonchev–Trinajstić information content (AvgIpc) is 3.27. The van der Waals surface area contributed by atoms with Crippen molar-refractivity contribution in [1.82, 2.24) is 19.2 Å². The standard InChI is InChI=1S/C20H24N4S2/c1-3-17-16-11-13-26-18(16)10-12-22(17)14-24-20(25)23(4-2)19(21-24)15-8-6-5-7-9-15/h5-9,11,13,17H,3-4,10,12,14H2,1-2H3/t17-/m1/s1. The summed E-state index contributed by atoms with van der Waals surface area (Å²) >= 11 is 7.64. The van der Waals surface area contributed by atoms with E-state index in [4.69, 9.17) is 17.3 Å². The van der Waals surface area contributed by atoms with Crippen LogP contribution in [0, 0.1) is 4.77 Å². The first-order valence-corrected chi connectivity index (χ1v) is 10.5. The van der Waals surface area contributed by atoms with Crippen molar-refractivity contribution in [2.75, 3.05) is 6.54 Å². The summed E-state index contributed by atoms with van der Waals surface area (Å²) in [6, 6.07) is 13.1. The molecule has 3 heterocycles. The third-order valence-corrected chi connectivity index (χ3v) is 6.61. The van der Waals surface area contributed by atoms with Gasteiger partial charge in [-0.15, -0.1) is 11.3 Å². The van der Waals surface area contributed by atoms with Crippen LogP contribution in [0.25, 0.3) is 11.4 Å². The fourth-order valence-corrected chi connectivity index (χ4v) is 5.13. The first-order chi connectivity index (χ1) is 12.7. The fourth-order valence-electron chi connectivity index (χ4n) is 3.89. The minimum Gasteiger partial charge on any atom is -0.300 e.